The molecule has 1 saturated heterocycles. The van der Waals surface area contributed by atoms with Gasteiger partial charge in [0, 0.05) is 13.0 Å². The van der Waals surface area contributed by atoms with Gasteiger partial charge in [0.15, 0.2) is 11.5 Å². The van der Waals surface area contributed by atoms with Crippen LogP contribution in [0.5, 0.6) is 11.5 Å². The molecule has 2 rings (SSSR count). The lowest BCUT2D eigenvalue weighted by Gasteiger charge is -2.21. The Kier molecular flexibility index (Phi) is 5.25. The number of rotatable bonds is 6. The minimum absolute atomic E-state index is 0.111. The summed E-state index contributed by atoms with van der Waals surface area (Å²) in [6.07, 6.45) is 2.12. The number of benzene rings is 1. The monoisotopic (exact) mass is 307 g/mol. The Bertz CT molecular complexity index is 557. The Hall–Kier alpha value is -2.24. The van der Waals surface area contributed by atoms with Gasteiger partial charge in [-0.2, -0.15) is 0 Å². The number of hydrogen-bond acceptors (Lipinski definition) is 4. The lowest BCUT2D eigenvalue weighted by atomic mass is 10.1. The Balaban J connectivity index is 1.98. The van der Waals surface area contributed by atoms with E-state index in [0.717, 1.165) is 12.0 Å². The molecule has 1 aliphatic rings. The second-order valence-electron chi connectivity index (χ2n) is 5.27. The van der Waals surface area contributed by atoms with E-state index in [2.05, 4.69) is 0 Å². The van der Waals surface area contributed by atoms with E-state index in [0.29, 0.717) is 37.3 Å². The number of carbonyl (C=O) groups is 2. The maximum Gasteiger partial charge on any atom is 0.326 e. The molecule has 1 aromatic rings. The van der Waals surface area contributed by atoms with Crippen molar-refractivity contribution in [3.8, 4) is 11.5 Å². The van der Waals surface area contributed by atoms with Gasteiger partial charge in [-0.3, -0.25) is 4.79 Å². The molecule has 0 saturated carbocycles. The maximum atomic E-state index is 12.2. The van der Waals surface area contributed by atoms with Gasteiger partial charge in [-0.1, -0.05) is 6.07 Å². The van der Waals surface area contributed by atoms with E-state index in [-0.39, 0.29) is 5.91 Å². The van der Waals surface area contributed by atoms with Crippen molar-refractivity contribution < 1.29 is 24.2 Å². The molecule has 0 unspecified atom stereocenters. The zero-order valence-corrected chi connectivity index (χ0v) is 12.9. The van der Waals surface area contributed by atoms with Gasteiger partial charge in [-0.25, -0.2) is 4.79 Å². The highest BCUT2D eigenvalue weighted by molar-refractivity contribution is 5.84. The van der Waals surface area contributed by atoms with Crippen LogP contribution in [0.25, 0.3) is 0 Å². The molecule has 1 N–H and O–H groups in total. The molecule has 22 heavy (non-hydrogen) atoms. The van der Waals surface area contributed by atoms with Crippen molar-refractivity contribution >= 4 is 11.9 Å². The number of ether oxygens (including phenoxy) is 2. The molecular formula is C16H21NO5. The number of nitrogens with zero attached hydrogens (tertiary/aromatic N) is 1. The van der Waals surface area contributed by atoms with Crippen molar-refractivity contribution in [2.45, 2.75) is 31.7 Å². The van der Waals surface area contributed by atoms with Gasteiger partial charge in [-0.15, -0.1) is 0 Å². The highest BCUT2D eigenvalue weighted by atomic mass is 16.5. The van der Waals surface area contributed by atoms with E-state index in [4.69, 9.17) is 14.6 Å². The van der Waals surface area contributed by atoms with Crippen molar-refractivity contribution in [2.24, 2.45) is 0 Å². The maximum absolute atomic E-state index is 12.2. The molecule has 0 radical (unpaired) electrons. The SMILES string of the molecule is COc1ccc(CCC(=O)N2CCC[C@@H]2C(=O)O)cc1OC. The lowest BCUT2D eigenvalue weighted by molar-refractivity contribution is -0.148. The number of carboxylic acids is 1. The van der Waals surface area contributed by atoms with Gasteiger partial charge in [0.1, 0.15) is 6.04 Å². The van der Waals surface area contributed by atoms with Crippen molar-refractivity contribution in [1.82, 2.24) is 4.90 Å². The predicted molar refractivity (Wildman–Crippen MR) is 80.2 cm³/mol. The van der Waals surface area contributed by atoms with Crippen LogP contribution in [0.3, 0.4) is 0 Å². The highest BCUT2D eigenvalue weighted by Crippen LogP contribution is 2.28. The van der Waals surface area contributed by atoms with Crippen LogP contribution in [0.1, 0.15) is 24.8 Å². The van der Waals surface area contributed by atoms with Crippen LogP contribution in [-0.4, -0.2) is 48.7 Å². The van der Waals surface area contributed by atoms with Crippen molar-refractivity contribution in [1.29, 1.82) is 0 Å². The summed E-state index contributed by atoms with van der Waals surface area (Å²) in [5.41, 5.74) is 0.956. The van der Waals surface area contributed by atoms with Crippen LogP contribution in [0.4, 0.5) is 0 Å². The predicted octanol–water partition coefficient (Wildman–Crippen LogP) is 1.71. The van der Waals surface area contributed by atoms with Gasteiger partial charge in [0.05, 0.1) is 14.2 Å². The van der Waals surface area contributed by atoms with E-state index < -0.39 is 12.0 Å². The third-order valence-electron chi connectivity index (χ3n) is 3.93. The summed E-state index contributed by atoms with van der Waals surface area (Å²) < 4.78 is 10.4. The standard InChI is InChI=1S/C16H21NO5/c1-21-13-7-5-11(10-14(13)22-2)6-8-15(18)17-9-3-4-12(17)16(19)20/h5,7,10,12H,3-4,6,8-9H2,1-2H3,(H,19,20)/t12-/m1/s1. The summed E-state index contributed by atoms with van der Waals surface area (Å²) in [7, 11) is 3.13. The van der Waals surface area contributed by atoms with E-state index in [9.17, 15) is 9.59 Å². The minimum atomic E-state index is -0.919. The van der Waals surface area contributed by atoms with Gasteiger partial charge in [-0.05, 0) is 37.0 Å². The van der Waals surface area contributed by atoms with Gasteiger partial charge in [0.2, 0.25) is 5.91 Å². The van der Waals surface area contributed by atoms with E-state index in [1.165, 1.54) is 4.90 Å². The Morgan fingerprint density at radius 3 is 2.64 bits per heavy atom. The van der Waals surface area contributed by atoms with Gasteiger partial charge in [0.25, 0.3) is 0 Å². The number of amides is 1. The van der Waals surface area contributed by atoms with Crippen LogP contribution in [0.15, 0.2) is 18.2 Å². The van der Waals surface area contributed by atoms with Gasteiger partial charge < -0.3 is 19.5 Å². The van der Waals surface area contributed by atoms with Crippen molar-refractivity contribution in [3.05, 3.63) is 23.8 Å². The molecule has 1 aromatic carbocycles. The van der Waals surface area contributed by atoms with E-state index >= 15 is 0 Å². The number of likely N-dealkylation sites (tertiary alicyclic amines) is 1. The molecule has 1 amide bonds. The van der Waals surface area contributed by atoms with Crippen LogP contribution >= 0.6 is 0 Å². The fourth-order valence-electron chi connectivity index (χ4n) is 2.75. The normalized spacial score (nSPS) is 17.4. The largest absolute Gasteiger partial charge is 0.493 e. The first-order valence-corrected chi connectivity index (χ1v) is 7.30. The average Bonchev–Trinajstić information content (AvgIpc) is 3.02. The summed E-state index contributed by atoms with van der Waals surface area (Å²) in [5, 5.41) is 9.12. The zero-order valence-electron chi connectivity index (χ0n) is 12.9. The highest BCUT2D eigenvalue weighted by Gasteiger charge is 2.33. The third-order valence-corrected chi connectivity index (χ3v) is 3.93. The number of carbonyl (C=O) groups excluding carboxylic acids is 1. The van der Waals surface area contributed by atoms with E-state index in [1.54, 1.807) is 20.3 Å². The number of aliphatic carboxylic acids is 1. The minimum Gasteiger partial charge on any atom is -0.493 e. The Morgan fingerprint density at radius 2 is 2.00 bits per heavy atom. The molecule has 0 aliphatic carbocycles. The van der Waals surface area contributed by atoms with E-state index in [1.807, 2.05) is 12.1 Å². The first kappa shape index (κ1) is 16.1. The molecule has 0 aromatic heterocycles. The quantitative estimate of drug-likeness (QED) is 0.866. The van der Waals surface area contributed by atoms with Crippen molar-refractivity contribution in [3.63, 3.8) is 0 Å². The Labute approximate surface area is 129 Å². The number of methoxy groups -OCH3 is 2. The Morgan fingerprint density at radius 1 is 1.27 bits per heavy atom. The van der Waals surface area contributed by atoms with Crippen LogP contribution < -0.4 is 9.47 Å². The third kappa shape index (κ3) is 3.50. The smallest absolute Gasteiger partial charge is 0.326 e. The summed E-state index contributed by atoms with van der Waals surface area (Å²) >= 11 is 0. The molecule has 0 bridgehead atoms. The molecule has 1 fully saturated rings. The molecule has 120 valence electrons. The van der Waals surface area contributed by atoms with Gasteiger partial charge >= 0.3 is 5.97 Å². The topological polar surface area (TPSA) is 76.1 Å². The lowest BCUT2D eigenvalue weighted by Crippen LogP contribution is -2.40. The fourth-order valence-corrected chi connectivity index (χ4v) is 2.75. The van der Waals surface area contributed by atoms with Crippen LogP contribution in [0, 0.1) is 0 Å². The first-order valence-electron chi connectivity index (χ1n) is 7.30. The molecule has 1 atom stereocenters. The molecule has 0 spiro atoms. The molecule has 6 heteroatoms. The summed E-state index contributed by atoms with van der Waals surface area (Å²) in [5.74, 6) is 0.233. The first-order chi connectivity index (χ1) is 10.6. The molecule has 6 nitrogen and oxygen atoms in total. The summed E-state index contributed by atoms with van der Waals surface area (Å²) in [6.45, 7) is 0.529. The summed E-state index contributed by atoms with van der Waals surface area (Å²) in [6, 6.07) is 4.85. The van der Waals surface area contributed by atoms with Crippen LogP contribution in [-0.2, 0) is 16.0 Å². The second kappa shape index (κ2) is 7.15. The summed E-state index contributed by atoms with van der Waals surface area (Å²) in [4.78, 5) is 24.8. The fraction of sp³-hybridized carbons (Fsp3) is 0.500. The van der Waals surface area contributed by atoms with Crippen LogP contribution in [0.2, 0.25) is 0 Å². The number of carboxylic acid groups (broad SMARTS) is 1. The number of aryl methyl sites for hydroxylation is 1. The number of hydrogen-bond donors (Lipinski definition) is 1. The zero-order chi connectivity index (χ0) is 16.1. The molecular weight excluding hydrogens is 286 g/mol. The van der Waals surface area contributed by atoms with Crippen molar-refractivity contribution in [2.75, 3.05) is 20.8 Å². The second-order valence-corrected chi connectivity index (χ2v) is 5.27. The molecule has 1 aliphatic heterocycles. The average molecular weight is 307 g/mol. The molecule has 1 heterocycles.